The Bertz CT molecular complexity index is 115. The summed E-state index contributed by atoms with van der Waals surface area (Å²) >= 11 is 0. The Hall–Kier alpha value is 0.644. The zero-order chi connectivity index (χ0) is 4.41. The van der Waals surface area contributed by atoms with Gasteiger partial charge in [-0.25, -0.2) is 12.1 Å². The second-order valence-corrected chi connectivity index (χ2v) is 1.46. The summed E-state index contributed by atoms with van der Waals surface area (Å²) in [7, 11) is 0. The molecule has 9 heavy (non-hydrogen) atoms. The van der Waals surface area contributed by atoms with E-state index in [0.29, 0.717) is 0 Å². The van der Waals surface area contributed by atoms with Crippen LogP contribution in [0.5, 0.6) is 0 Å². The van der Waals surface area contributed by atoms with Crippen LogP contribution >= 0.6 is 0 Å². The molecule has 0 saturated carbocycles. The Morgan fingerprint density at radius 2 is 1.33 bits per heavy atom. The molecule has 49 valence electrons. The van der Waals surface area contributed by atoms with Gasteiger partial charge in [0, 0.05) is 0 Å². The van der Waals surface area contributed by atoms with Crippen molar-refractivity contribution in [3.63, 3.8) is 0 Å². The summed E-state index contributed by atoms with van der Waals surface area (Å²) in [6.45, 7) is 2.08. The predicted molar refractivity (Wildman–Crippen MR) is 26.8 cm³/mol. The fourth-order valence-electron chi connectivity index (χ4n) is 0.470. The molecule has 0 aliphatic carbocycles. The second-order valence-electron chi connectivity index (χ2n) is 1.46. The van der Waals surface area contributed by atoms with E-state index in [2.05, 4.69) is 19.1 Å². The SMILES string of the molecule is C[c-]1cccc1.[Cl-].[Cl-].[Ti+3]. The Kier molecular flexibility index (Phi) is 15.7. The quantitative estimate of drug-likeness (QED) is 0.292. The molecule has 0 fully saturated rings. The number of rotatable bonds is 0. The molecule has 1 rings (SSSR count). The van der Waals surface area contributed by atoms with Crippen LogP contribution in [-0.4, -0.2) is 0 Å². The van der Waals surface area contributed by atoms with Gasteiger partial charge in [0.1, 0.15) is 0 Å². The van der Waals surface area contributed by atoms with Gasteiger partial charge in [-0.1, -0.05) is 6.92 Å². The smallest absolute Gasteiger partial charge is 1.00 e. The van der Waals surface area contributed by atoms with E-state index in [4.69, 9.17) is 0 Å². The first-order chi connectivity index (χ1) is 2.89. The number of hydrogen-bond donors (Lipinski definition) is 0. The molecule has 0 amide bonds. The van der Waals surface area contributed by atoms with Gasteiger partial charge in [0.25, 0.3) is 0 Å². The first kappa shape index (κ1) is 16.3. The third-order valence-corrected chi connectivity index (χ3v) is 0.829. The van der Waals surface area contributed by atoms with E-state index in [1.165, 1.54) is 5.56 Å². The Morgan fingerprint density at radius 3 is 1.44 bits per heavy atom. The molecular formula is C6H7Cl2Ti. The van der Waals surface area contributed by atoms with Gasteiger partial charge in [0.05, 0.1) is 0 Å². The molecule has 0 heterocycles. The Morgan fingerprint density at radius 1 is 1.00 bits per heavy atom. The predicted octanol–water partition coefficient (Wildman–Crippen LogP) is -4.28. The van der Waals surface area contributed by atoms with Crippen molar-refractivity contribution in [2.75, 3.05) is 0 Å². The standard InChI is InChI=1S/C6H7.2ClH.Ti/c1-6-4-2-3-5-6;;;/h2-5H,1H3;2*1H;/q-1;;;+3/p-2. The summed E-state index contributed by atoms with van der Waals surface area (Å²) in [4.78, 5) is 0. The minimum absolute atomic E-state index is 0. The van der Waals surface area contributed by atoms with Gasteiger partial charge in [-0.3, -0.25) is 0 Å². The van der Waals surface area contributed by atoms with Crippen molar-refractivity contribution in [2.45, 2.75) is 6.92 Å². The normalized spacial score (nSPS) is 5.89. The molecule has 0 N–H and O–H groups in total. The molecule has 0 saturated heterocycles. The molecule has 0 unspecified atom stereocenters. The third-order valence-electron chi connectivity index (χ3n) is 0.829. The fourth-order valence-corrected chi connectivity index (χ4v) is 0.470. The van der Waals surface area contributed by atoms with Crippen LogP contribution in [0, 0.1) is 6.92 Å². The van der Waals surface area contributed by atoms with E-state index < -0.39 is 0 Å². The van der Waals surface area contributed by atoms with E-state index in [-0.39, 0.29) is 46.5 Å². The monoisotopic (exact) mass is 197 g/mol. The molecule has 0 spiro atoms. The summed E-state index contributed by atoms with van der Waals surface area (Å²) < 4.78 is 0. The largest absolute Gasteiger partial charge is 3.00 e. The number of aryl methyl sites for hydroxylation is 1. The maximum Gasteiger partial charge on any atom is 3.00 e. The Balaban J connectivity index is -0.000000120. The van der Waals surface area contributed by atoms with Crippen LogP contribution in [-0.2, 0) is 21.7 Å². The van der Waals surface area contributed by atoms with E-state index in [9.17, 15) is 0 Å². The third kappa shape index (κ3) is 6.53. The fraction of sp³-hybridized carbons (Fsp3) is 0.167. The molecule has 0 aromatic heterocycles. The molecule has 0 aliphatic rings. The summed E-state index contributed by atoms with van der Waals surface area (Å²) in [6, 6.07) is 8.24. The molecule has 1 aromatic rings. The average Bonchev–Trinajstić information content (AvgIpc) is 1.86. The van der Waals surface area contributed by atoms with Crippen molar-refractivity contribution >= 4 is 0 Å². The molecule has 3 heteroatoms. The summed E-state index contributed by atoms with van der Waals surface area (Å²) in [5, 5.41) is 0. The van der Waals surface area contributed by atoms with Crippen molar-refractivity contribution in [3.05, 3.63) is 29.8 Å². The van der Waals surface area contributed by atoms with Gasteiger partial charge in [-0.15, -0.1) is 0 Å². The summed E-state index contributed by atoms with van der Waals surface area (Å²) in [5.74, 6) is 0. The Labute approximate surface area is 83.1 Å². The number of halogens is 2. The van der Waals surface area contributed by atoms with Gasteiger partial charge < -0.3 is 24.8 Å². The van der Waals surface area contributed by atoms with Gasteiger partial charge in [0.15, 0.2) is 0 Å². The van der Waals surface area contributed by atoms with Gasteiger partial charge in [-0.2, -0.15) is 17.7 Å². The molecule has 1 radical (unpaired) electrons. The van der Waals surface area contributed by atoms with Crippen LogP contribution < -0.4 is 24.8 Å². The van der Waals surface area contributed by atoms with E-state index >= 15 is 0 Å². The maximum atomic E-state index is 2.08. The van der Waals surface area contributed by atoms with Crippen LogP contribution in [0.3, 0.4) is 0 Å². The van der Waals surface area contributed by atoms with Crippen molar-refractivity contribution in [1.82, 2.24) is 0 Å². The van der Waals surface area contributed by atoms with E-state index in [1.54, 1.807) is 0 Å². The molecule has 0 bridgehead atoms. The zero-order valence-electron chi connectivity index (χ0n) is 5.07. The zero-order valence-corrected chi connectivity index (χ0v) is 8.14. The van der Waals surface area contributed by atoms with Crippen LogP contribution in [0.25, 0.3) is 0 Å². The van der Waals surface area contributed by atoms with Gasteiger partial charge in [0.2, 0.25) is 0 Å². The van der Waals surface area contributed by atoms with E-state index in [0.717, 1.165) is 0 Å². The van der Waals surface area contributed by atoms with Crippen LogP contribution in [0.15, 0.2) is 24.3 Å². The molecule has 1 aromatic carbocycles. The van der Waals surface area contributed by atoms with Crippen molar-refractivity contribution in [1.29, 1.82) is 0 Å². The van der Waals surface area contributed by atoms with Gasteiger partial charge in [-0.05, 0) is 0 Å². The topological polar surface area (TPSA) is 0 Å². The minimum Gasteiger partial charge on any atom is -1.00 e. The average molecular weight is 198 g/mol. The van der Waals surface area contributed by atoms with Crippen molar-refractivity contribution in [3.8, 4) is 0 Å². The summed E-state index contributed by atoms with van der Waals surface area (Å²) in [5.41, 5.74) is 1.34. The van der Waals surface area contributed by atoms with Crippen LogP contribution in [0.4, 0.5) is 0 Å². The molecule has 0 aliphatic heterocycles. The van der Waals surface area contributed by atoms with Crippen molar-refractivity contribution < 1.29 is 46.5 Å². The summed E-state index contributed by atoms with van der Waals surface area (Å²) in [6.07, 6.45) is 0. The number of hydrogen-bond acceptors (Lipinski definition) is 0. The molecular weight excluding hydrogens is 191 g/mol. The van der Waals surface area contributed by atoms with Gasteiger partial charge >= 0.3 is 21.7 Å². The first-order valence-electron chi connectivity index (χ1n) is 2.08. The molecule has 0 nitrogen and oxygen atoms in total. The molecule has 0 atom stereocenters. The van der Waals surface area contributed by atoms with Crippen molar-refractivity contribution in [2.24, 2.45) is 0 Å². The minimum atomic E-state index is 0. The first-order valence-corrected chi connectivity index (χ1v) is 2.08. The second kappa shape index (κ2) is 8.64. The van der Waals surface area contributed by atoms with Crippen LogP contribution in [0.1, 0.15) is 5.56 Å². The van der Waals surface area contributed by atoms with Crippen LogP contribution in [0.2, 0.25) is 0 Å². The maximum absolute atomic E-state index is 2.08. The van der Waals surface area contributed by atoms with E-state index in [1.807, 2.05) is 12.1 Å².